The van der Waals surface area contributed by atoms with Gasteiger partial charge in [0, 0.05) is 12.2 Å². The van der Waals surface area contributed by atoms with E-state index in [0.29, 0.717) is 17.1 Å². The molecule has 0 spiro atoms. The molecule has 2 atom stereocenters. The molecule has 4 aromatic carbocycles. The number of hydrogen-bond donors (Lipinski definition) is 2. The Hall–Kier alpha value is -4.03. The highest BCUT2D eigenvalue weighted by atomic mass is 35.5. The fourth-order valence-corrected chi connectivity index (χ4v) is 5.29. The number of rotatable bonds is 12. The summed E-state index contributed by atoms with van der Waals surface area (Å²) in [6.45, 7) is 0.0505. The fourth-order valence-electron chi connectivity index (χ4n) is 3.98. The molecule has 7 nitrogen and oxygen atoms in total. The third-order valence-corrected chi connectivity index (χ3v) is 7.78. The molecular weight excluding hydrogens is 534 g/mol. The Kier molecular flexibility index (Phi) is 9.45. The second-order valence-corrected chi connectivity index (χ2v) is 10.7. The first kappa shape index (κ1) is 28.0. The van der Waals surface area contributed by atoms with Crippen LogP contribution in [0.15, 0.2) is 108 Å². The normalized spacial score (nSPS) is 12.6. The smallest absolute Gasteiger partial charge is 0.240 e. The molecule has 4 rings (SSSR count). The van der Waals surface area contributed by atoms with Gasteiger partial charge in [-0.2, -0.15) is 5.26 Å². The van der Waals surface area contributed by atoms with Crippen LogP contribution < -0.4 is 19.5 Å². The third-order valence-electron chi connectivity index (χ3n) is 6.06. The average Bonchev–Trinajstić information content (AvgIpc) is 2.99. The van der Waals surface area contributed by atoms with Crippen molar-refractivity contribution in [3.63, 3.8) is 0 Å². The third kappa shape index (κ3) is 7.30. The topological polar surface area (TPSA) is 100 Å². The lowest BCUT2D eigenvalue weighted by molar-refractivity contribution is 0.219. The quantitative estimate of drug-likeness (QED) is 0.204. The number of halogens is 1. The van der Waals surface area contributed by atoms with E-state index in [1.54, 1.807) is 67.8 Å². The van der Waals surface area contributed by atoms with Gasteiger partial charge >= 0.3 is 0 Å². The molecule has 200 valence electrons. The van der Waals surface area contributed by atoms with Crippen molar-refractivity contribution in [2.75, 3.05) is 24.9 Å². The second-order valence-electron chi connectivity index (χ2n) is 8.63. The van der Waals surface area contributed by atoms with Crippen LogP contribution >= 0.6 is 11.6 Å². The van der Waals surface area contributed by atoms with E-state index >= 15 is 0 Å². The van der Waals surface area contributed by atoms with Crippen molar-refractivity contribution in [1.82, 2.24) is 4.72 Å². The minimum absolute atomic E-state index is 0.0505. The van der Waals surface area contributed by atoms with E-state index in [0.717, 1.165) is 16.8 Å². The molecule has 0 radical (unpaired) electrons. The molecule has 0 amide bonds. The Morgan fingerprint density at radius 3 is 2.15 bits per heavy atom. The average molecular weight is 562 g/mol. The lowest BCUT2D eigenvalue weighted by Gasteiger charge is -2.23. The maximum absolute atomic E-state index is 12.9. The van der Waals surface area contributed by atoms with Gasteiger partial charge in [0.05, 0.1) is 35.6 Å². The van der Waals surface area contributed by atoms with E-state index in [-0.39, 0.29) is 23.4 Å². The highest BCUT2D eigenvalue weighted by molar-refractivity contribution is 7.89. The van der Waals surface area contributed by atoms with Gasteiger partial charge in [-0.1, -0.05) is 54.6 Å². The highest BCUT2D eigenvalue weighted by Crippen LogP contribution is 2.35. The van der Waals surface area contributed by atoms with Crippen LogP contribution in [-0.4, -0.2) is 28.0 Å². The molecule has 9 heteroatoms. The number of nitrogens with zero attached hydrogens (tertiary/aromatic N) is 1. The minimum atomic E-state index is -3.74. The lowest BCUT2D eigenvalue weighted by Crippen LogP contribution is -2.31. The van der Waals surface area contributed by atoms with Crippen LogP contribution in [0.1, 0.15) is 28.8 Å². The first-order chi connectivity index (χ1) is 18.9. The minimum Gasteiger partial charge on any atom is -0.493 e. The zero-order chi connectivity index (χ0) is 27.7. The number of nitriles is 1. The molecule has 0 aliphatic heterocycles. The van der Waals surface area contributed by atoms with Crippen molar-refractivity contribution in [3.05, 3.63) is 120 Å². The fraction of sp³-hybridized carbons (Fsp3) is 0.167. The zero-order valence-electron chi connectivity index (χ0n) is 21.3. The standard InChI is InChI=1S/C30H28ClN3O4S/c1-37-29-18-24(14-17-28(29)38-30(19-31)23-8-4-2-5-9-23)27(34-25-15-12-22(20-32)13-16-25)21-33-39(35,36)26-10-6-3-7-11-26/h2-18,27,30,33-34H,19,21H2,1H3. The molecule has 0 aliphatic rings. The Morgan fingerprint density at radius 2 is 1.54 bits per heavy atom. The molecule has 0 heterocycles. The maximum atomic E-state index is 12.9. The van der Waals surface area contributed by atoms with Gasteiger partial charge in [0.2, 0.25) is 10.0 Å². The van der Waals surface area contributed by atoms with Crippen molar-refractivity contribution in [2.45, 2.75) is 17.0 Å². The summed E-state index contributed by atoms with van der Waals surface area (Å²) in [7, 11) is -2.20. The van der Waals surface area contributed by atoms with Gasteiger partial charge in [-0.3, -0.25) is 0 Å². The Balaban J connectivity index is 1.61. The van der Waals surface area contributed by atoms with Crippen LogP contribution in [0.3, 0.4) is 0 Å². The number of anilines is 1. The number of benzene rings is 4. The molecule has 0 fully saturated rings. The first-order valence-electron chi connectivity index (χ1n) is 12.2. The summed E-state index contributed by atoms with van der Waals surface area (Å²) in [6.07, 6.45) is -0.377. The van der Waals surface area contributed by atoms with Crippen LogP contribution in [0.2, 0.25) is 0 Å². The number of ether oxygens (including phenoxy) is 2. The number of sulfonamides is 1. The molecular formula is C30H28ClN3O4S. The van der Waals surface area contributed by atoms with Crippen LogP contribution in [0, 0.1) is 11.3 Å². The highest BCUT2D eigenvalue weighted by Gasteiger charge is 2.21. The number of alkyl halides is 1. The van der Waals surface area contributed by atoms with Gasteiger partial charge in [-0.25, -0.2) is 13.1 Å². The van der Waals surface area contributed by atoms with Crippen molar-refractivity contribution in [2.24, 2.45) is 0 Å². The summed E-state index contributed by atoms with van der Waals surface area (Å²) in [6, 6.07) is 31.9. The number of methoxy groups -OCH3 is 1. The van der Waals surface area contributed by atoms with E-state index in [2.05, 4.69) is 16.1 Å². The number of nitrogens with one attached hydrogen (secondary N) is 2. The van der Waals surface area contributed by atoms with E-state index in [4.69, 9.17) is 26.3 Å². The first-order valence-corrected chi connectivity index (χ1v) is 14.2. The molecule has 0 aliphatic carbocycles. The molecule has 2 N–H and O–H groups in total. The van der Waals surface area contributed by atoms with Gasteiger partial charge in [0.15, 0.2) is 11.5 Å². The summed E-state index contributed by atoms with van der Waals surface area (Å²) in [5.74, 6) is 1.24. The maximum Gasteiger partial charge on any atom is 0.240 e. The lowest BCUT2D eigenvalue weighted by atomic mass is 10.1. The van der Waals surface area contributed by atoms with Crippen LogP contribution in [-0.2, 0) is 10.0 Å². The van der Waals surface area contributed by atoms with E-state index in [1.165, 1.54) is 0 Å². The molecule has 39 heavy (non-hydrogen) atoms. The van der Waals surface area contributed by atoms with Crippen LogP contribution in [0.4, 0.5) is 5.69 Å². The molecule has 4 aromatic rings. The van der Waals surface area contributed by atoms with Crippen molar-refractivity contribution < 1.29 is 17.9 Å². The van der Waals surface area contributed by atoms with Crippen LogP contribution in [0.25, 0.3) is 0 Å². The Labute approximate surface area is 234 Å². The predicted molar refractivity (Wildman–Crippen MR) is 153 cm³/mol. The van der Waals surface area contributed by atoms with Gasteiger partial charge in [-0.15, -0.1) is 11.6 Å². The van der Waals surface area contributed by atoms with Crippen LogP contribution in [0.5, 0.6) is 11.5 Å². The summed E-state index contributed by atoms with van der Waals surface area (Å²) >= 11 is 6.21. The van der Waals surface area contributed by atoms with Gasteiger partial charge in [-0.05, 0) is 59.7 Å². The van der Waals surface area contributed by atoms with E-state index in [1.807, 2.05) is 42.5 Å². The van der Waals surface area contributed by atoms with E-state index < -0.39 is 16.1 Å². The molecule has 2 unspecified atom stereocenters. The van der Waals surface area contributed by atoms with Gasteiger partial charge in [0.25, 0.3) is 0 Å². The SMILES string of the molecule is COc1cc(C(CNS(=O)(=O)c2ccccc2)Nc2ccc(C#N)cc2)ccc1OC(CCl)c1ccccc1. The Morgan fingerprint density at radius 1 is 0.872 bits per heavy atom. The van der Waals surface area contributed by atoms with Gasteiger partial charge < -0.3 is 14.8 Å². The predicted octanol–water partition coefficient (Wildman–Crippen LogP) is 6.06. The van der Waals surface area contributed by atoms with E-state index in [9.17, 15) is 8.42 Å². The zero-order valence-corrected chi connectivity index (χ0v) is 22.8. The molecule has 0 bridgehead atoms. The van der Waals surface area contributed by atoms with Gasteiger partial charge in [0.1, 0.15) is 6.10 Å². The molecule has 0 aromatic heterocycles. The van der Waals surface area contributed by atoms with Crippen molar-refractivity contribution >= 4 is 27.3 Å². The molecule has 0 saturated carbocycles. The van der Waals surface area contributed by atoms with Crippen molar-refractivity contribution in [3.8, 4) is 17.6 Å². The summed E-state index contributed by atoms with van der Waals surface area (Å²) in [5, 5.41) is 12.5. The summed E-state index contributed by atoms with van der Waals surface area (Å²) in [5.41, 5.74) is 2.96. The summed E-state index contributed by atoms with van der Waals surface area (Å²) in [4.78, 5) is 0.177. The largest absolute Gasteiger partial charge is 0.493 e. The number of hydrogen-bond acceptors (Lipinski definition) is 6. The summed E-state index contributed by atoms with van der Waals surface area (Å²) < 4.78 is 40.4. The monoisotopic (exact) mass is 561 g/mol. The molecule has 0 saturated heterocycles. The second kappa shape index (κ2) is 13.2. The Bertz CT molecular complexity index is 1510. The van der Waals surface area contributed by atoms with Crippen molar-refractivity contribution in [1.29, 1.82) is 5.26 Å².